The van der Waals surface area contributed by atoms with Crippen LogP contribution in [0.5, 0.6) is 0 Å². The Kier molecular flexibility index (Phi) is 3.82. The summed E-state index contributed by atoms with van der Waals surface area (Å²) in [5, 5.41) is 4.65. The van der Waals surface area contributed by atoms with Crippen molar-refractivity contribution in [2.45, 2.75) is 47.1 Å². The van der Waals surface area contributed by atoms with Gasteiger partial charge in [-0.1, -0.05) is 46.7 Å². The quantitative estimate of drug-likeness (QED) is 0.479. The Hall–Kier alpha value is -1.55. The zero-order valence-electron chi connectivity index (χ0n) is 15.3. The van der Waals surface area contributed by atoms with Gasteiger partial charge < -0.3 is 4.18 Å². The van der Waals surface area contributed by atoms with E-state index >= 15 is 0 Å². The van der Waals surface area contributed by atoms with E-state index in [1.807, 2.05) is 11.3 Å². The lowest BCUT2D eigenvalue weighted by molar-refractivity contribution is 0.302. The van der Waals surface area contributed by atoms with Crippen molar-refractivity contribution in [3.8, 4) is 0 Å². The number of thiophene rings is 1. The summed E-state index contributed by atoms with van der Waals surface area (Å²) in [5.74, 6) is 0.549. The summed E-state index contributed by atoms with van der Waals surface area (Å²) in [5.41, 5.74) is 4.52. The standard InChI is InChI=1S/C23H24OS2/c1-23(2)21-10-6-7-11-22(21)26(23,19-8-4-3-5-9-19)24-14-17-12-13-18-15-25-16-20(17)18/h3-11,15-17H,12-14H2,1-2H3. The highest BCUT2D eigenvalue weighted by Gasteiger charge is 2.56. The van der Waals surface area contributed by atoms with Crippen molar-refractivity contribution in [2.75, 3.05) is 6.61 Å². The Morgan fingerprint density at radius 1 is 1.04 bits per heavy atom. The van der Waals surface area contributed by atoms with Gasteiger partial charge in [-0.2, -0.15) is 11.3 Å². The predicted octanol–water partition coefficient (Wildman–Crippen LogP) is 6.88. The summed E-state index contributed by atoms with van der Waals surface area (Å²) in [4.78, 5) is 2.77. The van der Waals surface area contributed by atoms with Crippen LogP contribution in [0.2, 0.25) is 0 Å². The van der Waals surface area contributed by atoms with Crippen molar-refractivity contribution in [2.24, 2.45) is 0 Å². The lowest BCUT2D eigenvalue weighted by Gasteiger charge is -2.61. The molecule has 2 unspecified atom stereocenters. The van der Waals surface area contributed by atoms with Crippen molar-refractivity contribution in [3.63, 3.8) is 0 Å². The van der Waals surface area contributed by atoms with E-state index in [0.717, 1.165) is 6.61 Å². The molecule has 3 heteroatoms. The number of rotatable bonds is 4. The molecule has 2 aromatic carbocycles. The van der Waals surface area contributed by atoms with Crippen molar-refractivity contribution < 1.29 is 4.18 Å². The van der Waals surface area contributed by atoms with Crippen molar-refractivity contribution >= 4 is 21.6 Å². The Morgan fingerprint density at radius 3 is 2.65 bits per heavy atom. The van der Waals surface area contributed by atoms with E-state index in [-0.39, 0.29) is 4.75 Å². The molecule has 1 aliphatic heterocycles. The maximum atomic E-state index is 6.99. The topological polar surface area (TPSA) is 9.23 Å². The van der Waals surface area contributed by atoms with E-state index in [1.54, 1.807) is 5.56 Å². The normalized spacial score (nSPS) is 27.8. The molecule has 0 N–H and O–H groups in total. The molecule has 2 aliphatic rings. The minimum atomic E-state index is -1.48. The van der Waals surface area contributed by atoms with Gasteiger partial charge in [-0.05, 0) is 72.3 Å². The lowest BCUT2D eigenvalue weighted by atomic mass is 10.0. The smallest absolute Gasteiger partial charge is 0.0670 e. The number of hydrogen-bond donors (Lipinski definition) is 0. The van der Waals surface area contributed by atoms with Crippen LogP contribution in [0.3, 0.4) is 0 Å². The average Bonchev–Trinajstić information content (AvgIpc) is 3.27. The second-order valence-corrected chi connectivity index (χ2v) is 11.8. The molecule has 0 amide bonds. The van der Waals surface area contributed by atoms with E-state index in [0.29, 0.717) is 5.92 Å². The average molecular weight is 381 g/mol. The van der Waals surface area contributed by atoms with E-state index in [1.165, 1.54) is 33.8 Å². The minimum Gasteiger partial charge on any atom is -0.327 e. The molecular weight excluding hydrogens is 356 g/mol. The first kappa shape index (κ1) is 16.6. The third-order valence-corrected chi connectivity index (χ3v) is 10.9. The van der Waals surface area contributed by atoms with Crippen LogP contribution in [0, 0.1) is 0 Å². The van der Waals surface area contributed by atoms with E-state index in [4.69, 9.17) is 4.18 Å². The molecule has 2 atom stereocenters. The molecule has 1 aliphatic carbocycles. The highest BCUT2D eigenvalue weighted by atomic mass is 32.3. The Labute approximate surface area is 161 Å². The molecule has 26 heavy (non-hydrogen) atoms. The van der Waals surface area contributed by atoms with Gasteiger partial charge in [-0.3, -0.25) is 0 Å². The monoisotopic (exact) mass is 380 g/mol. The van der Waals surface area contributed by atoms with Crippen molar-refractivity contribution in [1.82, 2.24) is 0 Å². The highest BCUT2D eigenvalue weighted by molar-refractivity contribution is 8.31. The van der Waals surface area contributed by atoms with Crippen molar-refractivity contribution in [1.29, 1.82) is 0 Å². The molecule has 5 rings (SSSR count). The zero-order chi connectivity index (χ0) is 17.8. The van der Waals surface area contributed by atoms with Crippen molar-refractivity contribution in [3.05, 3.63) is 82.0 Å². The van der Waals surface area contributed by atoms with Gasteiger partial charge >= 0.3 is 0 Å². The first-order chi connectivity index (χ1) is 12.6. The molecule has 2 heterocycles. The van der Waals surface area contributed by atoms with Crippen LogP contribution in [0.15, 0.2) is 75.1 Å². The molecule has 1 aromatic heterocycles. The SMILES string of the molecule is CC1(C)c2ccccc2S1(OCC1CCc2cscc21)c1ccccc1. The number of benzene rings is 2. The summed E-state index contributed by atoms with van der Waals surface area (Å²) in [6, 6.07) is 19.8. The van der Waals surface area contributed by atoms with Crippen LogP contribution in [0.4, 0.5) is 0 Å². The van der Waals surface area contributed by atoms with Crippen LogP contribution in [-0.4, -0.2) is 6.61 Å². The second kappa shape index (κ2) is 5.98. The fraction of sp³-hybridized carbons (Fsp3) is 0.304. The number of fused-ring (bicyclic) bond motifs is 2. The minimum absolute atomic E-state index is 0.0427. The fourth-order valence-corrected chi connectivity index (χ4v) is 9.72. The van der Waals surface area contributed by atoms with Gasteiger partial charge in [0.15, 0.2) is 0 Å². The molecular formula is C23H24OS2. The summed E-state index contributed by atoms with van der Waals surface area (Å²) in [6.07, 6.45) is 2.44. The molecule has 1 nitrogen and oxygen atoms in total. The largest absolute Gasteiger partial charge is 0.327 e. The van der Waals surface area contributed by atoms with Crippen LogP contribution < -0.4 is 0 Å². The Morgan fingerprint density at radius 2 is 1.81 bits per heavy atom. The summed E-state index contributed by atoms with van der Waals surface area (Å²) in [7, 11) is -1.48. The summed E-state index contributed by atoms with van der Waals surface area (Å²) in [6.45, 7) is 5.55. The fourth-order valence-electron chi connectivity index (χ4n) is 4.65. The van der Waals surface area contributed by atoms with E-state index in [9.17, 15) is 0 Å². The lowest BCUT2D eigenvalue weighted by Crippen LogP contribution is -2.39. The van der Waals surface area contributed by atoms with Gasteiger partial charge in [0.2, 0.25) is 0 Å². The van der Waals surface area contributed by atoms with Crippen LogP contribution in [0.25, 0.3) is 0 Å². The second-order valence-electron chi connectivity index (χ2n) is 7.75. The van der Waals surface area contributed by atoms with E-state index in [2.05, 4.69) is 79.2 Å². The summed E-state index contributed by atoms with van der Waals surface area (Å²) >= 11 is 1.83. The predicted molar refractivity (Wildman–Crippen MR) is 111 cm³/mol. The molecule has 134 valence electrons. The van der Waals surface area contributed by atoms with Crippen LogP contribution in [-0.2, 0) is 15.4 Å². The molecule has 0 saturated carbocycles. The van der Waals surface area contributed by atoms with Crippen LogP contribution >= 0.6 is 21.6 Å². The maximum Gasteiger partial charge on any atom is 0.0670 e. The summed E-state index contributed by atoms with van der Waals surface area (Å²) < 4.78 is 7.03. The number of aryl methyl sites for hydroxylation is 1. The van der Waals surface area contributed by atoms with Gasteiger partial charge in [0.1, 0.15) is 0 Å². The van der Waals surface area contributed by atoms with E-state index < -0.39 is 10.3 Å². The zero-order valence-corrected chi connectivity index (χ0v) is 16.9. The van der Waals surface area contributed by atoms with Crippen LogP contribution in [0.1, 0.15) is 42.9 Å². The highest BCUT2D eigenvalue weighted by Crippen LogP contribution is 2.83. The van der Waals surface area contributed by atoms with Gasteiger partial charge in [-0.25, -0.2) is 0 Å². The first-order valence-electron chi connectivity index (χ1n) is 9.31. The maximum absolute atomic E-state index is 6.99. The third-order valence-electron chi connectivity index (χ3n) is 6.06. The molecule has 0 saturated heterocycles. The van der Waals surface area contributed by atoms with Gasteiger partial charge in [-0.15, -0.1) is 0 Å². The number of hydrogen-bond acceptors (Lipinski definition) is 2. The van der Waals surface area contributed by atoms with Gasteiger partial charge in [0, 0.05) is 15.7 Å². The van der Waals surface area contributed by atoms with Gasteiger partial charge in [0.05, 0.1) is 11.4 Å². The molecule has 0 spiro atoms. The molecule has 0 bridgehead atoms. The molecule has 0 fully saturated rings. The molecule has 3 aromatic rings. The van der Waals surface area contributed by atoms with Gasteiger partial charge in [0.25, 0.3) is 0 Å². The third kappa shape index (κ3) is 2.14. The Balaban J connectivity index is 1.55. The Bertz CT molecular complexity index is 944. The molecule has 0 radical (unpaired) electrons. The first-order valence-corrected chi connectivity index (χ1v) is 11.8.